The molecule has 0 saturated carbocycles. The number of allylic oxidation sites excluding steroid dienone is 1. The van der Waals surface area contributed by atoms with Crippen LogP contribution in [0.1, 0.15) is 31.1 Å². The molecule has 0 unspecified atom stereocenters. The molecule has 0 aliphatic heterocycles. The van der Waals surface area contributed by atoms with Crippen LogP contribution in [-0.4, -0.2) is 10.9 Å². The first-order chi connectivity index (χ1) is 11.5. The van der Waals surface area contributed by atoms with E-state index in [0.717, 1.165) is 39.6 Å². The molecule has 3 aromatic rings. The van der Waals surface area contributed by atoms with E-state index < -0.39 is 0 Å². The maximum atomic E-state index is 13.4. The van der Waals surface area contributed by atoms with E-state index in [1.54, 1.807) is 12.1 Å². The zero-order valence-corrected chi connectivity index (χ0v) is 14.1. The van der Waals surface area contributed by atoms with Crippen molar-refractivity contribution in [2.75, 3.05) is 0 Å². The number of aryl methyl sites for hydroxylation is 1. The Morgan fingerprint density at radius 1 is 1.08 bits per heavy atom. The third-order valence-electron chi connectivity index (χ3n) is 4.26. The Balaban J connectivity index is 2.46. The largest absolute Gasteiger partial charge is 0.338 e. The Morgan fingerprint density at radius 2 is 1.79 bits per heavy atom. The van der Waals surface area contributed by atoms with Gasteiger partial charge in [0.15, 0.2) is 0 Å². The minimum atomic E-state index is -0.256. The average molecular weight is 321 g/mol. The number of aromatic nitrogens is 1. The van der Waals surface area contributed by atoms with Gasteiger partial charge < -0.3 is 4.57 Å². The maximum absolute atomic E-state index is 13.4. The van der Waals surface area contributed by atoms with E-state index in [0.29, 0.717) is 0 Å². The molecule has 122 valence electrons. The fourth-order valence-electron chi connectivity index (χ4n) is 3.32. The van der Waals surface area contributed by atoms with Gasteiger partial charge in [-0.1, -0.05) is 24.3 Å². The smallest absolute Gasteiger partial charge is 0.142 e. The van der Waals surface area contributed by atoms with Crippen LogP contribution in [0.2, 0.25) is 0 Å². The van der Waals surface area contributed by atoms with Crippen LogP contribution < -0.4 is 0 Å². The predicted molar refractivity (Wildman–Crippen MR) is 97.6 cm³/mol. The standard InChI is InChI=1S/C21H20FNO/c1-14(2)23-18-7-4-6-15(3)20(18)21(19(23)8-5-13-24)16-9-11-17(22)12-10-16/h4-14H,1-3H3/b8-5+. The Kier molecular flexibility index (Phi) is 4.34. The number of carbonyl (C=O) groups is 1. The number of nitrogens with zero attached hydrogens (tertiary/aromatic N) is 1. The SMILES string of the molecule is Cc1cccc2c1c(-c1ccc(F)cc1)c(/C=C/C=O)n2C(C)C. The van der Waals surface area contributed by atoms with Crippen LogP contribution in [0.15, 0.2) is 48.5 Å². The van der Waals surface area contributed by atoms with Gasteiger partial charge in [0.1, 0.15) is 12.1 Å². The number of benzene rings is 2. The van der Waals surface area contributed by atoms with Crippen LogP contribution in [-0.2, 0) is 4.79 Å². The van der Waals surface area contributed by atoms with Crippen molar-refractivity contribution in [1.29, 1.82) is 0 Å². The average Bonchev–Trinajstić information content (AvgIpc) is 2.89. The molecular formula is C21H20FNO. The first-order valence-electron chi connectivity index (χ1n) is 8.06. The van der Waals surface area contributed by atoms with Gasteiger partial charge in [0.25, 0.3) is 0 Å². The Morgan fingerprint density at radius 3 is 2.42 bits per heavy atom. The van der Waals surface area contributed by atoms with Gasteiger partial charge in [-0.25, -0.2) is 4.39 Å². The summed E-state index contributed by atoms with van der Waals surface area (Å²) in [4.78, 5) is 10.9. The lowest BCUT2D eigenvalue weighted by Crippen LogP contribution is -2.03. The van der Waals surface area contributed by atoms with Crippen molar-refractivity contribution in [3.8, 4) is 11.1 Å². The molecule has 1 heterocycles. The summed E-state index contributed by atoms with van der Waals surface area (Å²) < 4.78 is 15.6. The molecule has 1 aromatic heterocycles. The van der Waals surface area contributed by atoms with E-state index in [4.69, 9.17) is 0 Å². The molecule has 0 aliphatic rings. The number of aldehydes is 1. The molecule has 0 N–H and O–H groups in total. The van der Waals surface area contributed by atoms with Crippen molar-refractivity contribution in [2.24, 2.45) is 0 Å². The zero-order valence-electron chi connectivity index (χ0n) is 14.1. The topological polar surface area (TPSA) is 22.0 Å². The number of carbonyl (C=O) groups excluding carboxylic acids is 1. The molecule has 0 amide bonds. The molecular weight excluding hydrogens is 301 g/mol. The molecule has 3 rings (SSSR count). The van der Waals surface area contributed by atoms with E-state index in [2.05, 4.69) is 37.5 Å². The lowest BCUT2D eigenvalue weighted by Gasteiger charge is -2.13. The molecule has 0 bridgehead atoms. The van der Waals surface area contributed by atoms with Crippen LogP contribution in [0.3, 0.4) is 0 Å². The summed E-state index contributed by atoms with van der Waals surface area (Å²) in [5.41, 5.74) is 5.23. The summed E-state index contributed by atoms with van der Waals surface area (Å²) >= 11 is 0. The molecule has 0 atom stereocenters. The second-order valence-electron chi connectivity index (χ2n) is 6.20. The quantitative estimate of drug-likeness (QED) is 0.456. The highest BCUT2D eigenvalue weighted by atomic mass is 19.1. The highest BCUT2D eigenvalue weighted by Crippen LogP contribution is 2.39. The molecule has 24 heavy (non-hydrogen) atoms. The van der Waals surface area contributed by atoms with Crippen molar-refractivity contribution in [1.82, 2.24) is 4.57 Å². The normalized spacial score (nSPS) is 11.7. The Hall–Kier alpha value is -2.68. The van der Waals surface area contributed by atoms with Crippen LogP contribution in [0.25, 0.3) is 28.1 Å². The summed E-state index contributed by atoms with van der Waals surface area (Å²) in [6, 6.07) is 13.0. The van der Waals surface area contributed by atoms with Crippen molar-refractivity contribution in [2.45, 2.75) is 26.8 Å². The van der Waals surface area contributed by atoms with Gasteiger partial charge in [-0.05, 0) is 62.2 Å². The highest BCUT2D eigenvalue weighted by Gasteiger charge is 2.19. The number of halogens is 1. The number of hydrogen-bond donors (Lipinski definition) is 0. The van der Waals surface area contributed by atoms with Gasteiger partial charge in [0, 0.05) is 22.5 Å². The fraction of sp³-hybridized carbons (Fsp3) is 0.190. The monoisotopic (exact) mass is 321 g/mol. The van der Waals surface area contributed by atoms with E-state index in [1.807, 2.05) is 12.1 Å². The predicted octanol–water partition coefficient (Wildman–Crippen LogP) is 5.55. The zero-order chi connectivity index (χ0) is 17.3. The first-order valence-corrected chi connectivity index (χ1v) is 8.06. The second kappa shape index (κ2) is 6.44. The van der Waals surface area contributed by atoms with Crippen LogP contribution in [0.5, 0.6) is 0 Å². The van der Waals surface area contributed by atoms with Gasteiger partial charge in [0.05, 0.1) is 5.69 Å². The highest BCUT2D eigenvalue weighted by molar-refractivity contribution is 6.03. The van der Waals surface area contributed by atoms with Crippen molar-refractivity contribution in [3.63, 3.8) is 0 Å². The lowest BCUT2D eigenvalue weighted by molar-refractivity contribution is -0.104. The molecule has 0 aliphatic carbocycles. The summed E-state index contributed by atoms with van der Waals surface area (Å²) in [6.45, 7) is 6.32. The van der Waals surface area contributed by atoms with Gasteiger partial charge in [-0.3, -0.25) is 4.79 Å². The molecule has 3 heteroatoms. The number of fused-ring (bicyclic) bond motifs is 1. The van der Waals surface area contributed by atoms with Crippen molar-refractivity contribution < 1.29 is 9.18 Å². The maximum Gasteiger partial charge on any atom is 0.142 e. The fourth-order valence-corrected chi connectivity index (χ4v) is 3.32. The van der Waals surface area contributed by atoms with E-state index in [9.17, 15) is 9.18 Å². The van der Waals surface area contributed by atoms with Gasteiger partial charge in [-0.15, -0.1) is 0 Å². The molecule has 0 saturated heterocycles. The summed E-state index contributed by atoms with van der Waals surface area (Å²) in [7, 11) is 0. The number of hydrogen-bond acceptors (Lipinski definition) is 1. The minimum absolute atomic E-state index is 0.231. The van der Waals surface area contributed by atoms with Gasteiger partial charge >= 0.3 is 0 Å². The van der Waals surface area contributed by atoms with E-state index in [1.165, 1.54) is 18.2 Å². The Labute approximate surface area is 141 Å². The Bertz CT molecular complexity index is 917. The lowest BCUT2D eigenvalue weighted by atomic mass is 9.99. The number of rotatable bonds is 4. The van der Waals surface area contributed by atoms with E-state index in [-0.39, 0.29) is 11.9 Å². The van der Waals surface area contributed by atoms with Crippen molar-refractivity contribution in [3.05, 3.63) is 65.6 Å². The third kappa shape index (κ3) is 2.67. The van der Waals surface area contributed by atoms with Gasteiger partial charge in [0.2, 0.25) is 0 Å². The first kappa shape index (κ1) is 16.2. The summed E-state index contributed by atoms with van der Waals surface area (Å²) in [5, 5.41) is 1.14. The third-order valence-corrected chi connectivity index (χ3v) is 4.26. The molecule has 0 spiro atoms. The van der Waals surface area contributed by atoms with E-state index >= 15 is 0 Å². The summed E-state index contributed by atoms with van der Waals surface area (Å²) in [5.74, 6) is -0.256. The summed E-state index contributed by atoms with van der Waals surface area (Å²) in [6.07, 6.45) is 4.13. The second-order valence-corrected chi connectivity index (χ2v) is 6.20. The molecule has 2 nitrogen and oxygen atoms in total. The minimum Gasteiger partial charge on any atom is -0.338 e. The van der Waals surface area contributed by atoms with Crippen molar-refractivity contribution >= 4 is 23.3 Å². The molecule has 2 aromatic carbocycles. The van der Waals surface area contributed by atoms with Crippen LogP contribution in [0.4, 0.5) is 4.39 Å². The molecule has 0 fully saturated rings. The van der Waals surface area contributed by atoms with Crippen LogP contribution >= 0.6 is 0 Å². The molecule has 0 radical (unpaired) electrons. The van der Waals surface area contributed by atoms with Crippen LogP contribution in [0, 0.1) is 12.7 Å². The van der Waals surface area contributed by atoms with Gasteiger partial charge in [-0.2, -0.15) is 0 Å².